The van der Waals surface area contributed by atoms with E-state index in [1.165, 1.54) is 16.9 Å². The lowest BCUT2D eigenvalue weighted by Gasteiger charge is -2.25. The third kappa shape index (κ3) is 4.01. The first-order chi connectivity index (χ1) is 11.2. The van der Waals surface area contributed by atoms with Crippen LogP contribution < -0.4 is 5.32 Å². The second kappa shape index (κ2) is 7.28. The SMILES string of the molecule is CCc1ccc(-c2ccc(C(=O)NC3CCC(O)CC3)s2)cc1. The minimum Gasteiger partial charge on any atom is -0.393 e. The highest BCUT2D eigenvalue weighted by Crippen LogP contribution is 2.29. The molecule has 1 amide bonds. The zero-order valence-corrected chi connectivity index (χ0v) is 14.2. The molecule has 122 valence electrons. The van der Waals surface area contributed by atoms with E-state index in [4.69, 9.17) is 0 Å². The number of thiophene rings is 1. The number of nitrogens with one attached hydrogen (secondary N) is 1. The predicted molar refractivity (Wildman–Crippen MR) is 94.9 cm³/mol. The van der Waals surface area contributed by atoms with Gasteiger partial charge in [-0.1, -0.05) is 31.2 Å². The molecule has 23 heavy (non-hydrogen) atoms. The van der Waals surface area contributed by atoms with Gasteiger partial charge in [0, 0.05) is 10.9 Å². The van der Waals surface area contributed by atoms with Crippen LogP contribution in [0.25, 0.3) is 10.4 Å². The number of aryl methyl sites for hydroxylation is 1. The minimum atomic E-state index is -0.192. The molecule has 0 radical (unpaired) electrons. The molecule has 1 aromatic heterocycles. The molecule has 2 N–H and O–H groups in total. The van der Waals surface area contributed by atoms with Crippen molar-refractivity contribution in [3.05, 3.63) is 46.8 Å². The molecular formula is C19H23NO2S. The summed E-state index contributed by atoms with van der Waals surface area (Å²) in [7, 11) is 0. The third-order valence-electron chi connectivity index (χ3n) is 4.51. The van der Waals surface area contributed by atoms with Crippen LogP contribution >= 0.6 is 11.3 Å². The van der Waals surface area contributed by atoms with Gasteiger partial charge in [-0.2, -0.15) is 0 Å². The van der Waals surface area contributed by atoms with Crippen molar-refractivity contribution < 1.29 is 9.90 Å². The summed E-state index contributed by atoms with van der Waals surface area (Å²) in [5, 5.41) is 12.6. The number of amides is 1. The topological polar surface area (TPSA) is 49.3 Å². The highest BCUT2D eigenvalue weighted by molar-refractivity contribution is 7.17. The van der Waals surface area contributed by atoms with Crippen molar-refractivity contribution in [2.24, 2.45) is 0 Å². The van der Waals surface area contributed by atoms with Crippen molar-refractivity contribution in [2.45, 2.75) is 51.2 Å². The van der Waals surface area contributed by atoms with Crippen LogP contribution in [0.5, 0.6) is 0 Å². The molecule has 1 aliphatic carbocycles. The summed E-state index contributed by atoms with van der Waals surface area (Å²) >= 11 is 1.54. The van der Waals surface area contributed by atoms with Crippen LogP contribution in [0, 0.1) is 0 Å². The number of benzene rings is 1. The lowest BCUT2D eigenvalue weighted by Crippen LogP contribution is -2.38. The van der Waals surface area contributed by atoms with Gasteiger partial charge in [0.05, 0.1) is 11.0 Å². The first-order valence-electron chi connectivity index (χ1n) is 8.33. The van der Waals surface area contributed by atoms with Crippen molar-refractivity contribution in [3.63, 3.8) is 0 Å². The van der Waals surface area contributed by atoms with Gasteiger partial charge in [0.1, 0.15) is 0 Å². The molecule has 0 saturated heterocycles. The molecule has 1 heterocycles. The van der Waals surface area contributed by atoms with Gasteiger partial charge in [-0.25, -0.2) is 0 Å². The van der Waals surface area contributed by atoms with Crippen LogP contribution in [0.15, 0.2) is 36.4 Å². The van der Waals surface area contributed by atoms with E-state index in [9.17, 15) is 9.90 Å². The van der Waals surface area contributed by atoms with Gasteiger partial charge in [0.25, 0.3) is 5.91 Å². The Bertz CT molecular complexity index is 654. The zero-order valence-electron chi connectivity index (χ0n) is 13.4. The van der Waals surface area contributed by atoms with Gasteiger partial charge in [-0.15, -0.1) is 11.3 Å². The first kappa shape index (κ1) is 16.2. The summed E-state index contributed by atoms with van der Waals surface area (Å²) in [6.45, 7) is 2.15. The van der Waals surface area contributed by atoms with Crippen molar-refractivity contribution in [2.75, 3.05) is 0 Å². The smallest absolute Gasteiger partial charge is 0.261 e. The van der Waals surface area contributed by atoms with Crippen molar-refractivity contribution >= 4 is 17.2 Å². The number of aliphatic hydroxyl groups is 1. The lowest BCUT2D eigenvalue weighted by molar-refractivity contribution is 0.0871. The molecule has 0 unspecified atom stereocenters. The monoisotopic (exact) mass is 329 g/mol. The Balaban J connectivity index is 1.64. The molecule has 1 saturated carbocycles. The maximum atomic E-state index is 12.4. The number of aliphatic hydroxyl groups excluding tert-OH is 1. The minimum absolute atomic E-state index is 0.00724. The van der Waals surface area contributed by atoms with E-state index in [1.54, 1.807) is 0 Å². The normalized spacial score (nSPS) is 21.1. The summed E-state index contributed by atoms with van der Waals surface area (Å²) in [5.74, 6) is 0.00724. The van der Waals surface area contributed by atoms with Gasteiger partial charge in [0.2, 0.25) is 0 Å². The second-order valence-electron chi connectivity index (χ2n) is 6.19. The Hall–Kier alpha value is -1.65. The van der Waals surface area contributed by atoms with E-state index in [2.05, 4.69) is 36.5 Å². The van der Waals surface area contributed by atoms with Gasteiger partial charge in [0.15, 0.2) is 0 Å². The predicted octanol–water partition coefficient (Wildman–Crippen LogP) is 4.01. The maximum absolute atomic E-state index is 12.4. The fraction of sp³-hybridized carbons (Fsp3) is 0.421. The Kier molecular flexibility index (Phi) is 5.13. The fourth-order valence-corrected chi connectivity index (χ4v) is 3.91. The van der Waals surface area contributed by atoms with Gasteiger partial charge in [-0.05, 0) is 55.4 Å². The fourth-order valence-electron chi connectivity index (χ4n) is 3.00. The number of carbonyl (C=O) groups is 1. The van der Waals surface area contributed by atoms with E-state index < -0.39 is 0 Å². The highest BCUT2D eigenvalue weighted by atomic mass is 32.1. The molecule has 0 aliphatic heterocycles. The lowest BCUT2D eigenvalue weighted by atomic mass is 9.93. The third-order valence-corrected chi connectivity index (χ3v) is 5.64. The first-order valence-corrected chi connectivity index (χ1v) is 9.15. The molecule has 4 heteroatoms. The van der Waals surface area contributed by atoms with Crippen LogP contribution in [0.2, 0.25) is 0 Å². The molecule has 1 aromatic carbocycles. The molecule has 0 bridgehead atoms. The maximum Gasteiger partial charge on any atom is 0.261 e. The number of hydrogen-bond donors (Lipinski definition) is 2. The van der Waals surface area contributed by atoms with E-state index in [1.807, 2.05) is 12.1 Å². The zero-order chi connectivity index (χ0) is 16.2. The number of rotatable bonds is 4. The van der Waals surface area contributed by atoms with Crippen molar-refractivity contribution in [1.29, 1.82) is 0 Å². The standard InChI is InChI=1S/C19H23NO2S/c1-2-13-3-5-14(6-4-13)17-11-12-18(23-17)19(22)20-15-7-9-16(21)10-8-15/h3-6,11-12,15-16,21H,2,7-10H2,1H3,(H,20,22). The molecule has 3 rings (SSSR count). The molecule has 1 fully saturated rings. The summed E-state index contributed by atoms with van der Waals surface area (Å²) in [6, 6.07) is 12.6. The second-order valence-corrected chi connectivity index (χ2v) is 7.28. The van der Waals surface area contributed by atoms with Crippen LogP contribution in [0.3, 0.4) is 0 Å². The molecular weight excluding hydrogens is 306 g/mol. The van der Waals surface area contributed by atoms with Crippen LogP contribution in [-0.4, -0.2) is 23.2 Å². The molecule has 0 spiro atoms. The van der Waals surface area contributed by atoms with Crippen LogP contribution in [-0.2, 0) is 6.42 Å². The van der Waals surface area contributed by atoms with Gasteiger partial charge >= 0.3 is 0 Å². The summed E-state index contributed by atoms with van der Waals surface area (Å²) in [5.41, 5.74) is 2.48. The molecule has 2 aromatic rings. The molecule has 3 nitrogen and oxygen atoms in total. The summed E-state index contributed by atoms with van der Waals surface area (Å²) in [6.07, 6.45) is 4.14. The number of hydrogen-bond acceptors (Lipinski definition) is 3. The molecule has 1 aliphatic rings. The van der Waals surface area contributed by atoms with Gasteiger partial charge in [-0.3, -0.25) is 4.79 Å². The van der Waals surface area contributed by atoms with Crippen molar-refractivity contribution in [3.8, 4) is 10.4 Å². The van der Waals surface area contributed by atoms with Crippen molar-refractivity contribution in [1.82, 2.24) is 5.32 Å². The van der Waals surface area contributed by atoms with E-state index >= 15 is 0 Å². The van der Waals surface area contributed by atoms with E-state index in [-0.39, 0.29) is 18.1 Å². The van der Waals surface area contributed by atoms with Crippen LogP contribution in [0.4, 0.5) is 0 Å². The van der Waals surface area contributed by atoms with E-state index in [0.717, 1.165) is 47.4 Å². The summed E-state index contributed by atoms with van der Waals surface area (Å²) in [4.78, 5) is 14.3. The van der Waals surface area contributed by atoms with Crippen LogP contribution in [0.1, 0.15) is 47.8 Å². The van der Waals surface area contributed by atoms with Gasteiger partial charge < -0.3 is 10.4 Å². The number of carbonyl (C=O) groups excluding carboxylic acids is 1. The molecule has 0 atom stereocenters. The summed E-state index contributed by atoms with van der Waals surface area (Å²) < 4.78 is 0. The average molecular weight is 329 g/mol. The quantitative estimate of drug-likeness (QED) is 0.890. The largest absolute Gasteiger partial charge is 0.393 e. The Labute approximate surface area is 141 Å². The Morgan fingerprint density at radius 1 is 1.13 bits per heavy atom. The highest BCUT2D eigenvalue weighted by Gasteiger charge is 2.21. The Morgan fingerprint density at radius 2 is 1.83 bits per heavy atom. The average Bonchev–Trinajstić information content (AvgIpc) is 3.07. The Morgan fingerprint density at radius 3 is 2.48 bits per heavy atom. The van der Waals surface area contributed by atoms with E-state index in [0.29, 0.717) is 0 Å².